The van der Waals surface area contributed by atoms with Crippen LogP contribution in [-0.2, 0) is 4.74 Å². The molecule has 72 valence electrons. The Morgan fingerprint density at radius 1 is 1.67 bits per heavy atom. The monoisotopic (exact) mass is 177 g/mol. The van der Waals surface area contributed by atoms with Crippen LogP contribution in [-0.4, -0.2) is 55.1 Å². The van der Waals surface area contributed by atoms with Crippen LogP contribution in [0.1, 0.15) is 6.92 Å². The highest BCUT2D eigenvalue weighted by Crippen LogP contribution is 2.23. The number of aliphatic hydroxyl groups excluding tert-OH is 1. The van der Waals surface area contributed by atoms with Crippen LogP contribution in [0.2, 0.25) is 0 Å². The third-order valence-electron chi connectivity index (χ3n) is 2.26. The van der Waals surface area contributed by atoms with Gasteiger partial charge in [-0.15, -0.1) is 0 Å². The molecule has 1 atom stereocenters. The number of hydrogen-bond donors (Lipinski definition) is 1. The van der Waals surface area contributed by atoms with Crippen LogP contribution in [0.25, 0.3) is 0 Å². The molecule has 0 spiro atoms. The fourth-order valence-electron chi connectivity index (χ4n) is 1.50. The van der Waals surface area contributed by atoms with Gasteiger partial charge in [0.1, 0.15) is 6.67 Å². The highest BCUT2D eigenvalue weighted by molar-refractivity contribution is 4.93. The molecule has 1 aliphatic heterocycles. The predicted molar refractivity (Wildman–Crippen MR) is 43.8 cm³/mol. The minimum atomic E-state index is -0.841. The van der Waals surface area contributed by atoms with Gasteiger partial charge in [0.2, 0.25) is 0 Å². The lowest BCUT2D eigenvalue weighted by atomic mass is 9.96. The van der Waals surface area contributed by atoms with E-state index >= 15 is 0 Å². The van der Waals surface area contributed by atoms with E-state index in [9.17, 15) is 4.39 Å². The molecule has 0 saturated carbocycles. The van der Waals surface area contributed by atoms with Gasteiger partial charge in [-0.25, -0.2) is 4.39 Å². The molecule has 0 bridgehead atoms. The van der Waals surface area contributed by atoms with Gasteiger partial charge in [-0.2, -0.15) is 0 Å². The third-order valence-corrected chi connectivity index (χ3v) is 2.26. The fraction of sp³-hybridized carbons (Fsp3) is 1.00. The zero-order valence-corrected chi connectivity index (χ0v) is 7.59. The second kappa shape index (κ2) is 3.68. The molecule has 1 fully saturated rings. The van der Waals surface area contributed by atoms with E-state index < -0.39 is 12.8 Å². The second-order valence-corrected chi connectivity index (χ2v) is 3.63. The number of β-amino-alcohol motifs (C(OH)–C–C–N with tert-alkyl or cyclic N) is 1. The van der Waals surface area contributed by atoms with Crippen LogP contribution in [0.3, 0.4) is 0 Å². The van der Waals surface area contributed by atoms with Gasteiger partial charge in [-0.05, 0) is 6.92 Å². The Hall–Kier alpha value is -0.190. The lowest BCUT2D eigenvalue weighted by Gasteiger charge is -2.47. The highest BCUT2D eigenvalue weighted by Gasteiger charge is 2.39. The summed E-state index contributed by atoms with van der Waals surface area (Å²) in [5.41, 5.74) is -0.0873. The van der Waals surface area contributed by atoms with Crippen molar-refractivity contribution in [3.8, 4) is 0 Å². The largest absolute Gasteiger partial charge is 0.389 e. The normalized spacial score (nSPS) is 25.0. The van der Waals surface area contributed by atoms with Gasteiger partial charge in [0.15, 0.2) is 0 Å². The average molecular weight is 177 g/mol. The summed E-state index contributed by atoms with van der Waals surface area (Å²) in [7, 11) is 1.67. The number of rotatable bonds is 4. The maximum absolute atomic E-state index is 11.9. The second-order valence-electron chi connectivity index (χ2n) is 3.63. The molecule has 1 unspecified atom stereocenters. The number of alkyl halides is 1. The molecule has 4 heteroatoms. The van der Waals surface area contributed by atoms with Gasteiger partial charge < -0.3 is 9.84 Å². The summed E-state index contributed by atoms with van der Waals surface area (Å²) in [5, 5.41) is 8.98. The minimum absolute atomic E-state index is 0.0873. The standard InChI is InChI=1S/C8H16FNO2/c1-8(12-2)5-10(6-8)4-7(11)3-9/h7,11H,3-6H2,1-2H3. The molecule has 1 rings (SSSR count). The van der Waals surface area contributed by atoms with Crippen molar-refractivity contribution in [2.45, 2.75) is 18.6 Å². The Morgan fingerprint density at radius 2 is 2.25 bits per heavy atom. The molecule has 1 heterocycles. The van der Waals surface area contributed by atoms with Crippen LogP contribution in [0.4, 0.5) is 4.39 Å². The molecule has 12 heavy (non-hydrogen) atoms. The topological polar surface area (TPSA) is 32.7 Å². The van der Waals surface area contributed by atoms with Gasteiger partial charge >= 0.3 is 0 Å². The molecule has 0 amide bonds. The predicted octanol–water partition coefficient (Wildman–Crippen LogP) is 0.0375. The van der Waals surface area contributed by atoms with E-state index in [0.717, 1.165) is 13.1 Å². The maximum Gasteiger partial charge on any atom is 0.117 e. The number of hydrogen-bond acceptors (Lipinski definition) is 3. The summed E-state index contributed by atoms with van der Waals surface area (Å²) in [6.45, 7) is 3.31. The zero-order chi connectivity index (χ0) is 9.19. The molecule has 0 radical (unpaired) electrons. The van der Waals surface area contributed by atoms with Crippen molar-refractivity contribution in [2.75, 3.05) is 33.4 Å². The van der Waals surface area contributed by atoms with Crippen LogP contribution < -0.4 is 0 Å². The first kappa shape index (κ1) is 9.89. The fourth-order valence-corrected chi connectivity index (χ4v) is 1.50. The third kappa shape index (κ3) is 2.15. The summed E-state index contributed by atoms with van der Waals surface area (Å²) in [6, 6.07) is 0. The number of aliphatic hydroxyl groups is 1. The van der Waals surface area contributed by atoms with E-state index in [2.05, 4.69) is 0 Å². The summed E-state index contributed by atoms with van der Waals surface area (Å²) in [6.07, 6.45) is -0.841. The molecule has 1 aliphatic rings. The van der Waals surface area contributed by atoms with E-state index in [1.54, 1.807) is 7.11 Å². The van der Waals surface area contributed by atoms with Crippen LogP contribution in [0.15, 0.2) is 0 Å². The molecule has 0 aromatic carbocycles. The van der Waals surface area contributed by atoms with Gasteiger partial charge in [-0.1, -0.05) is 0 Å². The number of methoxy groups -OCH3 is 1. The molecule has 1 N–H and O–H groups in total. The van der Waals surface area contributed by atoms with Gasteiger partial charge in [0, 0.05) is 26.7 Å². The van der Waals surface area contributed by atoms with E-state index in [4.69, 9.17) is 9.84 Å². The number of ether oxygens (including phenoxy) is 1. The lowest BCUT2D eigenvalue weighted by Crippen LogP contribution is -2.62. The smallest absolute Gasteiger partial charge is 0.117 e. The summed E-state index contributed by atoms with van der Waals surface area (Å²) in [5.74, 6) is 0. The van der Waals surface area contributed by atoms with Crippen molar-refractivity contribution in [1.29, 1.82) is 0 Å². The SMILES string of the molecule is COC1(C)CN(CC(O)CF)C1. The molecular formula is C8H16FNO2. The van der Waals surface area contributed by atoms with E-state index in [0.29, 0.717) is 6.54 Å². The molecule has 0 aliphatic carbocycles. The summed E-state index contributed by atoms with van der Waals surface area (Å²) in [4.78, 5) is 1.98. The van der Waals surface area contributed by atoms with Crippen molar-refractivity contribution in [2.24, 2.45) is 0 Å². The number of nitrogens with zero attached hydrogens (tertiary/aromatic N) is 1. The Bertz CT molecular complexity index is 145. The van der Waals surface area contributed by atoms with Crippen LogP contribution in [0, 0.1) is 0 Å². The number of halogens is 1. The van der Waals surface area contributed by atoms with Crippen molar-refractivity contribution >= 4 is 0 Å². The molecule has 0 aromatic heterocycles. The van der Waals surface area contributed by atoms with Crippen molar-refractivity contribution in [1.82, 2.24) is 4.90 Å². The van der Waals surface area contributed by atoms with Crippen molar-refractivity contribution in [3.05, 3.63) is 0 Å². The van der Waals surface area contributed by atoms with Crippen molar-refractivity contribution in [3.63, 3.8) is 0 Å². The van der Waals surface area contributed by atoms with Gasteiger partial charge in [0.25, 0.3) is 0 Å². The average Bonchev–Trinajstić information content (AvgIpc) is 2.01. The number of likely N-dealkylation sites (tertiary alicyclic amines) is 1. The van der Waals surface area contributed by atoms with Gasteiger partial charge in [0.05, 0.1) is 11.7 Å². The Balaban J connectivity index is 2.17. The van der Waals surface area contributed by atoms with Crippen LogP contribution >= 0.6 is 0 Å². The van der Waals surface area contributed by atoms with E-state index in [-0.39, 0.29) is 5.60 Å². The van der Waals surface area contributed by atoms with Crippen LogP contribution in [0.5, 0.6) is 0 Å². The minimum Gasteiger partial charge on any atom is -0.389 e. The molecule has 0 aromatic rings. The highest BCUT2D eigenvalue weighted by atomic mass is 19.1. The zero-order valence-electron chi connectivity index (χ0n) is 7.59. The maximum atomic E-state index is 11.9. The first-order valence-electron chi connectivity index (χ1n) is 4.11. The Labute approximate surface area is 72.1 Å². The molecule has 3 nitrogen and oxygen atoms in total. The van der Waals surface area contributed by atoms with E-state index in [1.807, 2.05) is 11.8 Å². The summed E-state index contributed by atoms with van der Waals surface area (Å²) >= 11 is 0. The molecular weight excluding hydrogens is 161 g/mol. The van der Waals surface area contributed by atoms with Gasteiger partial charge in [-0.3, -0.25) is 4.90 Å². The molecule has 1 saturated heterocycles. The Morgan fingerprint density at radius 3 is 2.67 bits per heavy atom. The quantitative estimate of drug-likeness (QED) is 0.658. The van der Waals surface area contributed by atoms with Crippen molar-refractivity contribution < 1.29 is 14.2 Å². The first-order valence-corrected chi connectivity index (χ1v) is 4.11. The lowest BCUT2D eigenvalue weighted by molar-refractivity contribution is -0.120. The Kier molecular flexibility index (Phi) is 3.04. The first-order chi connectivity index (χ1) is 5.59. The van der Waals surface area contributed by atoms with E-state index in [1.165, 1.54) is 0 Å². The summed E-state index contributed by atoms with van der Waals surface area (Å²) < 4.78 is 17.1.